The van der Waals surface area contributed by atoms with Gasteiger partial charge in [-0.25, -0.2) is 0 Å². The van der Waals surface area contributed by atoms with Gasteiger partial charge in [0.25, 0.3) is 5.91 Å². The zero-order valence-electron chi connectivity index (χ0n) is 7.63. The molecule has 0 unspecified atom stereocenters. The van der Waals surface area contributed by atoms with Gasteiger partial charge in [0.05, 0.1) is 0 Å². The van der Waals surface area contributed by atoms with Crippen LogP contribution < -0.4 is 5.32 Å². The molecule has 3 heteroatoms. The summed E-state index contributed by atoms with van der Waals surface area (Å²) in [5.74, 6) is -1.06. The summed E-state index contributed by atoms with van der Waals surface area (Å²) in [6.45, 7) is 3.11. The third-order valence-electron chi connectivity index (χ3n) is 1.71. The number of hydrogen-bond donors (Lipinski definition) is 1. The summed E-state index contributed by atoms with van der Waals surface area (Å²) < 4.78 is 0. The molecular formula is C10H11NO2. The quantitative estimate of drug-likeness (QED) is 0.696. The Balaban J connectivity index is 2.81. The van der Waals surface area contributed by atoms with Gasteiger partial charge in [-0.2, -0.15) is 0 Å². The van der Waals surface area contributed by atoms with Crippen molar-refractivity contribution in [3.8, 4) is 0 Å². The van der Waals surface area contributed by atoms with Crippen LogP contribution in [0.4, 0.5) is 5.69 Å². The Morgan fingerprint density at radius 3 is 2.38 bits per heavy atom. The Hall–Kier alpha value is -1.64. The molecule has 0 aliphatic heterocycles. The number of nitrogens with one attached hydrogen (secondary N) is 1. The van der Waals surface area contributed by atoms with E-state index in [0.29, 0.717) is 5.69 Å². The average Bonchev–Trinajstić information content (AvgIpc) is 2.08. The molecule has 1 aromatic carbocycles. The highest BCUT2D eigenvalue weighted by Crippen LogP contribution is 2.12. The SMILES string of the molecule is CC(=O)C(=O)Nc1ccccc1C. The van der Waals surface area contributed by atoms with Crippen LogP contribution in [-0.4, -0.2) is 11.7 Å². The number of carbonyl (C=O) groups is 2. The maximum absolute atomic E-state index is 11.0. The number of aryl methyl sites for hydroxylation is 1. The van der Waals surface area contributed by atoms with E-state index in [2.05, 4.69) is 5.32 Å². The molecule has 0 saturated carbocycles. The first-order valence-electron chi connectivity index (χ1n) is 3.99. The molecule has 0 aromatic heterocycles. The number of carbonyl (C=O) groups excluding carboxylic acids is 2. The maximum atomic E-state index is 11.0. The maximum Gasteiger partial charge on any atom is 0.291 e. The van der Waals surface area contributed by atoms with Gasteiger partial charge in [0, 0.05) is 12.6 Å². The molecule has 0 fully saturated rings. The van der Waals surface area contributed by atoms with Crippen LogP contribution in [-0.2, 0) is 9.59 Å². The molecule has 1 rings (SSSR count). The molecule has 3 nitrogen and oxygen atoms in total. The van der Waals surface area contributed by atoms with Crippen LogP contribution in [0.25, 0.3) is 0 Å². The fourth-order valence-electron chi connectivity index (χ4n) is 0.923. The lowest BCUT2D eigenvalue weighted by Crippen LogP contribution is -2.20. The van der Waals surface area contributed by atoms with Crippen LogP contribution in [0.15, 0.2) is 24.3 Å². The van der Waals surface area contributed by atoms with Gasteiger partial charge in [-0.3, -0.25) is 9.59 Å². The fourth-order valence-corrected chi connectivity index (χ4v) is 0.923. The van der Waals surface area contributed by atoms with Crippen LogP contribution in [0.1, 0.15) is 12.5 Å². The minimum Gasteiger partial charge on any atom is -0.319 e. The molecule has 0 heterocycles. The van der Waals surface area contributed by atoms with E-state index in [9.17, 15) is 9.59 Å². The molecule has 0 aliphatic rings. The molecule has 1 aromatic rings. The van der Waals surface area contributed by atoms with Gasteiger partial charge in [-0.1, -0.05) is 18.2 Å². The summed E-state index contributed by atoms with van der Waals surface area (Å²) in [6, 6.07) is 7.31. The minimum absolute atomic E-state index is 0.483. The van der Waals surface area contributed by atoms with Crippen molar-refractivity contribution >= 4 is 17.4 Å². The molecular weight excluding hydrogens is 166 g/mol. The summed E-state index contributed by atoms with van der Waals surface area (Å²) in [6.07, 6.45) is 0. The molecule has 1 N–H and O–H groups in total. The highest BCUT2D eigenvalue weighted by Gasteiger charge is 2.07. The minimum atomic E-state index is -0.575. The number of anilines is 1. The van der Waals surface area contributed by atoms with Crippen molar-refractivity contribution in [3.63, 3.8) is 0 Å². The van der Waals surface area contributed by atoms with Gasteiger partial charge in [0.15, 0.2) is 0 Å². The number of ketones is 1. The predicted molar refractivity (Wildman–Crippen MR) is 50.5 cm³/mol. The van der Waals surface area contributed by atoms with Crippen LogP contribution in [0.3, 0.4) is 0 Å². The van der Waals surface area contributed by atoms with E-state index in [-0.39, 0.29) is 0 Å². The van der Waals surface area contributed by atoms with Crippen molar-refractivity contribution < 1.29 is 9.59 Å². The summed E-state index contributed by atoms with van der Waals surface area (Å²) >= 11 is 0. The van der Waals surface area contributed by atoms with Gasteiger partial charge >= 0.3 is 0 Å². The molecule has 0 radical (unpaired) electrons. The molecule has 0 atom stereocenters. The Morgan fingerprint density at radius 2 is 1.85 bits per heavy atom. The number of Topliss-reactive ketones (excluding diaryl/α,β-unsaturated/α-hetero) is 1. The van der Waals surface area contributed by atoms with Gasteiger partial charge in [-0.15, -0.1) is 0 Å². The molecule has 1 amide bonds. The fraction of sp³-hybridized carbons (Fsp3) is 0.200. The first-order chi connectivity index (χ1) is 6.11. The Bertz CT molecular complexity index is 345. The molecule has 13 heavy (non-hydrogen) atoms. The summed E-state index contributed by atoms with van der Waals surface area (Å²) in [7, 11) is 0. The van der Waals surface area contributed by atoms with E-state index < -0.39 is 11.7 Å². The Morgan fingerprint density at radius 1 is 1.23 bits per heavy atom. The first kappa shape index (κ1) is 9.45. The Kier molecular flexibility index (Phi) is 2.80. The monoisotopic (exact) mass is 177 g/mol. The van der Waals surface area contributed by atoms with Crippen molar-refractivity contribution in [2.24, 2.45) is 0 Å². The zero-order valence-corrected chi connectivity index (χ0v) is 7.63. The van der Waals surface area contributed by atoms with Crippen molar-refractivity contribution in [3.05, 3.63) is 29.8 Å². The molecule has 0 aliphatic carbocycles. The van der Waals surface area contributed by atoms with Gasteiger partial charge < -0.3 is 5.32 Å². The molecule has 68 valence electrons. The van der Waals surface area contributed by atoms with E-state index in [1.807, 2.05) is 25.1 Å². The van der Waals surface area contributed by atoms with Gasteiger partial charge in [0.1, 0.15) is 0 Å². The number of amides is 1. The molecule has 0 spiro atoms. The smallest absolute Gasteiger partial charge is 0.291 e. The molecule has 0 saturated heterocycles. The van der Waals surface area contributed by atoms with E-state index >= 15 is 0 Å². The largest absolute Gasteiger partial charge is 0.319 e. The van der Waals surface area contributed by atoms with Crippen LogP contribution in [0.2, 0.25) is 0 Å². The number of para-hydroxylation sites is 1. The zero-order chi connectivity index (χ0) is 9.84. The summed E-state index contributed by atoms with van der Waals surface area (Å²) in [5.41, 5.74) is 1.62. The van der Waals surface area contributed by atoms with Crippen molar-refractivity contribution in [2.75, 3.05) is 5.32 Å². The van der Waals surface area contributed by atoms with E-state index in [0.717, 1.165) is 5.56 Å². The first-order valence-corrected chi connectivity index (χ1v) is 3.99. The number of benzene rings is 1. The van der Waals surface area contributed by atoms with E-state index in [4.69, 9.17) is 0 Å². The molecule has 0 bridgehead atoms. The van der Waals surface area contributed by atoms with Crippen LogP contribution in [0, 0.1) is 6.92 Å². The van der Waals surface area contributed by atoms with E-state index in [1.165, 1.54) is 6.92 Å². The lowest BCUT2D eigenvalue weighted by molar-refractivity contribution is -0.133. The van der Waals surface area contributed by atoms with Gasteiger partial charge in [0.2, 0.25) is 5.78 Å². The standard InChI is InChI=1S/C10H11NO2/c1-7-5-3-4-6-9(7)11-10(13)8(2)12/h3-6H,1-2H3,(H,11,13). The topological polar surface area (TPSA) is 46.2 Å². The highest BCUT2D eigenvalue weighted by molar-refractivity contribution is 6.39. The van der Waals surface area contributed by atoms with Gasteiger partial charge in [-0.05, 0) is 18.6 Å². The average molecular weight is 177 g/mol. The second kappa shape index (κ2) is 3.85. The Labute approximate surface area is 76.8 Å². The lowest BCUT2D eigenvalue weighted by Gasteiger charge is -2.05. The highest BCUT2D eigenvalue weighted by atomic mass is 16.2. The normalized spacial score (nSPS) is 9.38. The van der Waals surface area contributed by atoms with Crippen LogP contribution in [0.5, 0.6) is 0 Å². The summed E-state index contributed by atoms with van der Waals surface area (Å²) in [5, 5.41) is 2.52. The van der Waals surface area contributed by atoms with Crippen molar-refractivity contribution in [1.29, 1.82) is 0 Å². The second-order valence-electron chi connectivity index (χ2n) is 2.83. The third-order valence-corrected chi connectivity index (χ3v) is 1.71. The third kappa shape index (κ3) is 2.40. The summed E-state index contributed by atoms with van der Waals surface area (Å²) in [4.78, 5) is 21.7. The number of rotatable bonds is 2. The lowest BCUT2D eigenvalue weighted by atomic mass is 10.2. The van der Waals surface area contributed by atoms with Crippen molar-refractivity contribution in [2.45, 2.75) is 13.8 Å². The van der Waals surface area contributed by atoms with Crippen LogP contribution >= 0.6 is 0 Å². The predicted octanol–water partition coefficient (Wildman–Crippen LogP) is 1.52. The second-order valence-corrected chi connectivity index (χ2v) is 2.83. The van der Waals surface area contributed by atoms with E-state index in [1.54, 1.807) is 6.07 Å². The number of hydrogen-bond acceptors (Lipinski definition) is 2. The van der Waals surface area contributed by atoms with Crippen molar-refractivity contribution in [1.82, 2.24) is 0 Å².